The Bertz CT molecular complexity index is 1110. The standard InChI is InChI=1S/C19H20N4O4S2/c1-23-18(14-4-8-15(9-5-14)22-29(3,25)26)20-21-19(23)28-12-17(24)13-6-10-16(27-2)11-7-13/h4-11,22H,12H2,1-3H3. The first-order valence-electron chi connectivity index (χ1n) is 8.54. The van der Waals surface area contributed by atoms with Crippen LogP contribution in [0.1, 0.15) is 10.4 Å². The first kappa shape index (κ1) is 20.9. The lowest BCUT2D eigenvalue weighted by atomic mass is 10.1. The Morgan fingerprint density at radius 3 is 2.34 bits per heavy atom. The highest BCUT2D eigenvalue weighted by Crippen LogP contribution is 2.25. The highest BCUT2D eigenvalue weighted by Gasteiger charge is 2.14. The summed E-state index contributed by atoms with van der Waals surface area (Å²) in [5.74, 6) is 1.54. The molecule has 152 valence electrons. The van der Waals surface area contributed by atoms with Crippen LogP contribution in [0.5, 0.6) is 5.75 Å². The number of methoxy groups -OCH3 is 1. The van der Waals surface area contributed by atoms with Gasteiger partial charge in [0.2, 0.25) is 10.0 Å². The fourth-order valence-corrected chi connectivity index (χ4v) is 3.95. The third-order valence-electron chi connectivity index (χ3n) is 4.03. The number of ketones is 1. The minimum atomic E-state index is -3.33. The molecule has 0 unspecified atom stereocenters. The number of nitrogens with one attached hydrogen (secondary N) is 1. The summed E-state index contributed by atoms with van der Waals surface area (Å²) in [6, 6.07) is 13.8. The summed E-state index contributed by atoms with van der Waals surface area (Å²) in [5, 5.41) is 8.96. The van der Waals surface area contributed by atoms with Crippen molar-refractivity contribution in [3.05, 3.63) is 54.1 Å². The number of carbonyl (C=O) groups is 1. The summed E-state index contributed by atoms with van der Waals surface area (Å²) in [7, 11) is 0.0685. The van der Waals surface area contributed by atoms with Gasteiger partial charge in [0.25, 0.3) is 0 Å². The Morgan fingerprint density at radius 2 is 1.76 bits per heavy atom. The number of nitrogens with zero attached hydrogens (tertiary/aromatic N) is 3. The monoisotopic (exact) mass is 432 g/mol. The van der Waals surface area contributed by atoms with Crippen LogP contribution in [0, 0.1) is 0 Å². The molecule has 0 atom stereocenters. The van der Waals surface area contributed by atoms with E-state index in [0.29, 0.717) is 28.0 Å². The topological polar surface area (TPSA) is 103 Å². The molecule has 10 heteroatoms. The van der Waals surface area contributed by atoms with Crippen molar-refractivity contribution in [1.29, 1.82) is 0 Å². The molecule has 3 rings (SSSR count). The molecule has 1 N–H and O–H groups in total. The number of ether oxygens (including phenoxy) is 1. The average molecular weight is 433 g/mol. The first-order valence-corrected chi connectivity index (χ1v) is 11.4. The zero-order valence-corrected chi connectivity index (χ0v) is 17.8. The number of sulfonamides is 1. The first-order chi connectivity index (χ1) is 13.8. The molecule has 2 aromatic carbocycles. The summed E-state index contributed by atoms with van der Waals surface area (Å²) in [6.07, 6.45) is 1.10. The molecule has 0 bridgehead atoms. The van der Waals surface area contributed by atoms with Crippen molar-refractivity contribution in [2.24, 2.45) is 7.05 Å². The second-order valence-electron chi connectivity index (χ2n) is 6.26. The number of carbonyl (C=O) groups excluding carboxylic acids is 1. The number of aromatic nitrogens is 3. The van der Waals surface area contributed by atoms with E-state index < -0.39 is 10.0 Å². The van der Waals surface area contributed by atoms with Crippen LogP contribution in [-0.4, -0.2) is 48.1 Å². The second kappa shape index (κ2) is 8.66. The summed E-state index contributed by atoms with van der Waals surface area (Å²) < 4.78 is 31.9. The van der Waals surface area contributed by atoms with Gasteiger partial charge in [-0.3, -0.25) is 9.52 Å². The molecule has 8 nitrogen and oxygen atoms in total. The number of benzene rings is 2. The fourth-order valence-electron chi connectivity index (χ4n) is 2.58. The number of anilines is 1. The normalized spacial score (nSPS) is 11.3. The van der Waals surface area contributed by atoms with Gasteiger partial charge in [-0.1, -0.05) is 11.8 Å². The Balaban J connectivity index is 1.68. The summed E-state index contributed by atoms with van der Waals surface area (Å²) in [5.41, 5.74) is 1.86. The molecule has 0 saturated heterocycles. The SMILES string of the molecule is COc1ccc(C(=O)CSc2nnc(-c3ccc(NS(C)(=O)=O)cc3)n2C)cc1. The van der Waals surface area contributed by atoms with E-state index in [1.54, 1.807) is 60.2 Å². The van der Waals surface area contributed by atoms with Crippen LogP contribution < -0.4 is 9.46 Å². The van der Waals surface area contributed by atoms with Crippen LogP contribution in [0.3, 0.4) is 0 Å². The van der Waals surface area contributed by atoms with E-state index in [1.807, 2.05) is 7.05 Å². The van der Waals surface area contributed by atoms with Crippen LogP contribution in [0.4, 0.5) is 5.69 Å². The van der Waals surface area contributed by atoms with Crippen molar-refractivity contribution in [3.8, 4) is 17.1 Å². The largest absolute Gasteiger partial charge is 0.497 e. The van der Waals surface area contributed by atoms with Gasteiger partial charge in [0.05, 0.1) is 19.1 Å². The predicted molar refractivity (Wildman–Crippen MR) is 113 cm³/mol. The number of Topliss-reactive ketones (excluding diaryl/α,β-unsaturated/α-hetero) is 1. The van der Waals surface area contributed by atoms with E-state index in [4.69, 9.17) is 4.74 Å². The maximum absolute atomic E-state index is 12.4. The Labute approximate surface area is 173 Å². The Kier molecular flexibility index (Phi) is 6.23. The van der Waals surface area contributed by atoms with E-state index in [-0.39, 0.29) is 11.5 Å². The van der Waals surface area contributed by atoms with E-state index in [2.05, 4.69) is 14.9 Å². The molecule has 0 radical (unpaired) electrons. The van der Waals surface area contributed by atoms with Gasteiger partial charge in [0.1, 0.15) is 5.75 Å². The van der Waals surface area contributed by atoms with Crippen molar-refractivity contribution in [2.75, 3.05) is 23.8 Å². The van der Waals surface area contributed by atoms with Gasteiger partial charge in [-0.05, 0) is 48.5 Å². The number of thioether (sulfide) groups is 1. The zero-order chi connectivity index (χ0) is 21.0. The molecule has 0 fully saturated rings. The van der Waals surface area contributed by atoms with Crippen LogP contribution in [0.25, 0.3) is 11.4 Å². The minimum Gasteiger partial charge on any atom is -0.497 e. The fraction of sp³-hybridized carbons (Fsp3) is 0.211. The number of rotatable bonds is 8. The average Bonchev–Trinajstić information content (AvgIpc) is 3.06. The van der Waals surface area contributed by atoms with Gasteiger partial charge in [-0.15, -0.1) is 10.2 Å². The van der Waals surface area contributed by atoms with Crippen molar-refractivity contribution >= 4 is 33.3 Å². The molecule has 0 aliphatic carbocycles. The molecule has 1 heterocycles. The second-order valence-corrected chi connectivity index (χ2v) is 8.95. The van der Waals surface area contributed by atoms with Crippen molar-refractivity contribution in [2.45, 2.75) is 5.16 Å². The van der Waals surface area contributed by atoms with E-state index in [9.17, 15) is 13.2 Å². The third kappa shape index (κ3) is 5.36. The maximum atomic E-state index is 12.4. The Morgan fingerprint density at radius 1 is 1.10 bits per heavy atom. The van der Waals surface area contributed by atoms with E-state index in [0.717, 1.165) is 11.8 Å². The smallest absolute Gasteiger partial charge is 0.229 e. The molecule has 0 spiro atoms. The van der Waals surface area contributed by atoms with E-state index >= 15 is 0 Å². The van der Waals surface area contributed by atoms with Crippen molar-refractivity contribution in [1.82, 2.24) is 14.8 Å². The molecule has 29 heavy (non-hydrogen) atoms. The molecular formula is C19H20N4O4S2. The maximum Gasteiger partial charge on any atom is 0.229 e. The minimum absolute atomic E-state index is 0.0154. The zero-order valence-electron chi connectivity index (χ0n) is 16.1. The van der Waals surface area contributed by atoms with Crippen LogP contribution >= 0.6 is 11.8 Å². The van der Waals surface area contributed by atoms with Gasteiger partial charge in [0, 0.05) is 23.9 Å². The molecule has 1 aromatic heterocycles. The summed E-state index contributed by atoms with van der Waals surface area (Å²) in [6.45, 7) is 0. The quantitative estimate of drug-likeness (QED) is 0.431. The van der Waals surface area contributed by atoms with Gasteiger partial charge >= 0.3 is 0 Å². The van der Waals surface area contributed by atoms with Crippen molar-refractivity contribution in [3.63, 3.8) is 0 Å². The Hall–Kier alpha value is -2.85. The summed E-state index contributed by atoms with van der Waals surface area (Å²) in [4.78, 5) is 12.4. The summed E-state index contributed by atoms with van der Waals surface area (Å²) >= 11 is 1.30. The van der Waals surface area contributed by atoms with Gasteiger partial charge in [-0.25, -0.2) is 8.42 Å². The van der Waals surface area contributed by atoms with Gasteiger partial charge in [-0.2, -0.15) is 0 Å². The lowest BCUT2D eigenvalue weighted by Gasteiger charge is -2.06. The highest BCUT2D eigenvalue weighted by molar-refractivity contribution is 7.99. The van der Waals surface area contributed by atoms with Crippen LogP contribution in [0.15, 0.2) is 53.7 Å². The third-order valence-corrected chi connectivity index (χ3v) is 5.65. The molecule has 3 aromatic rings. The van der Waals surface area contributed by atoms with Gasteiger partial charge in [0.15, 0.2) is 16.8 Å². The number of hydrogen-bond donors (Lipinski definition) is 1. The molecular weight excluding hydrogens is 412 g/mol. The molecule has 0 amide bonds. The molecule has 0 saturated carbocycles. The number of hydrogen-bond acceptors (Lipinski definition) is 7. The molecule has 0 aliphatic heterocycles. The van der Waals surface area contributed by atoms with Gasteiger partial charge < -0.3 is 9.30 Å². The van der Waals surface area contributed by atoms with E-state index in [1.165, 1.54) is 11.8 Å². The molecule has 0 aliphatic rings. The van der Waals surface area contributed by atoms with Crippen LogP contribution in [-0.2, 0) is 17.1 Å². The highest BCUT2D eigenvalue weighted by atomic mass is 32.2. The lowest BCUT2D eigenvalue weighted by Crippen LogP contribution is -2.09. The van der Waals surface area contributed by atoms with Crippen molar-refractivity contribution < 1.29 is 17.9 Å². The predicted octanol–water partition coefficient (Wildman–Crippen LogP) is 2.84. The van der Waals surface area contributed by atoms with Crippen LogP contribution in [0.2, 0.25) is 0 Å². The lowest BCUT2D eigenvalue weighted by molar-refractivity contribution is 0.102.